The van der Waals surface area contributed by atoms with Gasteiger partial charge < -0.3 is 11.1 Å². The molecule has 5 heteroatoms. The molecule has 118 valence electrons. The van der Waals surface area contributed by atoms with E-state index in [-0.39, 0.29) is 11.4 Å². The Balaban J connectivity index is 2.26. The number of nitrogens with two attached hydrogens (primary N) is 1. The molecule has 1 aromatic carbocycles. The van der Waals surface area contributed by atoms with Crippen LogP contribution in [0.4, 0.5) is 0 Å². The van der Waals surface area contributed by atoms with Crippen molar-refractivity contribution in [2.24, 2.45) is 5.73 Å². The van der Waals surface area contributed by atoms with Gasteiger partial charge in [-0.3, -0.25) is 4.79 Å². The standard InChI is InChI=1S/C17H24N4O/c1-4-17(5-2,12-18)19-16(22)15-11-21(20-13(15)3)14-9-7-6-8-10-14/h6-11H,4-5,12,18H2,1-3H3,(H,19,22). The van der Waals surface area contributed by atoms with Crippen molar-refractivity contribution >= 4 is 5.91 Å². The van der Waals surface area contributed by atoms with Crippen molar-refractivity contribution in [2.45, 2.75) is 39.2 Å². The number of aromatic nitrogens is 2. The molecule has 0 aliphatic heterocycles. The van der Waals surface area contributed by atoms with Crippen LogP contribution >= 0.6 is 0 Å². The summed E-state index contributed by atoms with van der Waals surface area (Å²) in [5, 5.41) is 7.52. The number of para-hydroxylation sites is 1. The molecule has 1 aromatic heterocycles. The summed E-state index contributed by atoms with van der Waals surface area (Å²) in [6.07, 6.45) is 3.38. The van der Waals surface area contributed by atoms with Gasteiger partial charge in [-0.25, -0.2) is 4.68 Å². The zero-order valence-electron chi connectivity index (χ0n) is 13.5. The first-order valence-corrected chi connectivity index (χ1v) is 7.69. The van der Waals surface area contributed by atoms with Crippen LogP contribution in [-0.2, 0) is 0 Å². The van der Waals surface area contributed by atoms with E-state index in [0.29, 0.717) is 17.8 Å². The fourth-order valence-corrected chi connectivity index (χ4v) is 2.47. The maximum Gasteiger partial charge on any atom is 0.255 e. The molecule has 0 aliphatic carbocycles. The second kappa shape index (κ2) is 6.75. The molecule has 2 aromatic rings. The smallest absolute Gasteiger partial charge is 0.255 e. The monoisotopic (exact) mass is 300 g/mol. The average molecular weight is 300 g/mol. The first kappa shape index (κ1) is 16.2. The number of benzene rings is 1. The summed E-state index contributed by atoms with van der Waals surface area (Å²) < 4.78 is 1.73. The van der Waals surface area contributed by atoms with E-state index in [1.807, 2.05) is 51.1 Å². The molecule has 3 N–H and O–H groups in total. The van der Waals surface area contributed by atoms with Crippen LogP contribution in [0.15, 0.2) is 36.5 Å². The Hall–Kier alpha value is -2.14. The molecular weight excluding hydrogens is 276 g/mol. The van der Waals surface area contributed by atoms with Crippen molar-refractivity contribution in [3.63, 3.8) is 0 Å². The lowest BCUT2D eigenvalue weighted by Gasteiger charge is -2.31. The van der Waals surface area contributed by atoms with Gasteiger partial charge in [0.1, 0.15) is 0 Å². The van der Waals surface area contributed by atoms with Gasteiger partial charge in [0.2, 0.25) is 0 Å². The Morgan fingerprint density at radius 1 is 1.27 bits per heavy atom. The van der Waals surface area contributed by atoms with Crippen LogP contribution in [0, 0.1) is 6.92 Å². The fraction of sp³-hybridized carbons (Fsp3) is 0.412. The Bertz CT molecular complexity index is 621. The van der Waals surface area contributed by atoms with Crippen LogP contribution in [0.2, 0.25) is 0 Å². The van der Waals surface area contributed by atoms with Crippen LogP contribution in [0.3, 0.4) is 0 Å². The predicted molar refractivity (Wildman–Crippen MR) is 88.1 cm³/mol. The van der Waals surface area contributed by atoms with E-state index < -0.39 is 0 Å². The molecule has 0 radical (unpaired) electrons. The van der Waals surface area contributed by atoms with Crippen LogP contribution in [0.5, 0.6) is 0 Å². The highest BCUT2D eigenvalue weighted by Gasteiger charge is 2.28. The zero-order chi connectivity index (χ0) is 16.2. The third kappa shape index (κ3) is 3.20. The summed E-state index contributed by atoms with van der Waals surface area (Å²) in [6.45, 7) is 6.35. The van der Waals surface area contributed by atoms with Gasteiger partial charge in [0, 0.05) is 12.7 Å². The predicted octanol–water partition coefficient (Wildman–Crippen LogP) is 2.43. The van der Waals surface area contributed by atoms with Gasteiger partial charge in [0.15, 0.2) is 0 Å². The van der Waals surface area contributed by atoms with E-state index in [4.69, 9.17) is 5.73 Å². The molecule has 2 rings (SSSR count). The van der Waals surface area contributed by atoms with E-state index in [1.165, 1.54) is 0 Å². The molecule has 0 bridgehead atoms. The Morgan fingerprint density at radius 3 is 2.45 bits per heavy atom. The van der Waals surface area contributed by atoms with Gasteiger partial charge in [-0.2, -0.15) is 5.10 Å². The quantitative estimate of drug-likeness (QED) is 0.860. The molecule has 0 saturated carbocycles. The van der Waals surface area contributed by atoms with Gasteiger partial charge in [0.25, 0.3) is 5.91 Å². The Labute approximate surface area is 131 Å². The third-order valence-electron chi connectivity index (χ3n) is 4.29. The van der Waals surface area contributed by atoms with Gasteiger partial charge in [-0.1, -0.05) is 32.0 Å². The summed E-state index contributed by atoms with van der Waals surface area (Å²) in [5.41, 5.74) is 7.73. The first-order chi connectivity index (χ1) is 10.5. The third-order valence-corrected chi connectivity index (χ3v) is 4.29. The van der Waals surface area contributed by atoms with Gasteiger partial charge in [-0.15, -0.1) is 0 Å². The normalized spacial score (nSPS) is 11.5. The van der Waals surface area contributed by atoms with Crippen molar-refractivity contribution in [2.75, 3.05) is 6.54 Å². The maximum atomic E-state index is 12.6. The largest absolute Gasteiger partial charge is 0.345 e. The fourth-order valence-electron chi connectivity index (χ4n) is 2.47. The van der Waals surface area contributed by atoms with Gasteiger partial charge in [0.05, 0.1) is 22.5 Å². The Kier molecular flexibility index (Phi) is 4.98. The number of hydrogen-bond donors (Lipinski definition) is 2. The van der Waals surface area contributed by atoms with E-state index in [1.54, 1.807) is 10.9 Å². The summed E-state index contributed by atoms with van der Waals surface area (Å²) in [6, 6.07) is 9.75. The number of rotatable bonds is 6. The summed E-state index contributed by atoms with van der Waals surface area (Å²) in [4.78, 5) is 12.6. The highest BCUT2D eigenvalue weighted by Crippen LogP contribution is 2.17. The van der Waals surface area contributed by atoms with E-state index >= 15 is 0 Å². The molecule has 5 nitrogen and oxygen atoms in total. The molecule has 1 heterocycles. The molecule has 0 atom stereocenters. The topological polar surface area (TPSA) is 72.9 Å². The average Bonchev–Trinajstić information content (AvgIpc) is 2.95. The molecule has 1 amide bonds. The van der Waals surface area contributed by atoms with E-state index in [0.717, 1.165) is 18.5 Å². The molecule has 0 aliphatic rings. The number of hydrogen-bond acceptors (Lipinski definition) is 3. The highest BCUT2D eigenvalue weighted by atomic mass is 16.1. The number of nitrogens with zero attached hydrogens (tertiary/aromatic N) is 2. The van der Waals surface area contributed by atoms with Crippen LogP contribution < -0.4 is 11.1 Å². The molecule has 0 spiro atoms. The minimum absolute atomic E-state index is 0.117. The second-order valence-electron chi connectivity index (χ2n) is 5.55. The Morgan fingerprint density at radius 2 is 1.91 bits per heavy atom. The number of aryl methyl sites for hydroxylation is 1. The maximum absolute atomic E-state index is 12.6. The number of carbonyl (C=O) groups is 1. The highest BCUT2D eigenvalue weighted by molar-refractivity contribution is 5.95. The van der Waals surface area contributed by atoms with Crippen molar-refractivity contribution in [1.82, 2.24) is 15.1 Å². The minimum atomic E-state index is -0.349. The van der Waals surface area contributed by atoms with Crippen molar-refractivity contribution in [3.05, 3.63) is 47.8 Å². The van der Waals surface area contributed by atoms with Crippen molar-refractivity contribution < 1.29 is 4.79 Å². The molecular formula is C17H24N4O. The molecule has 0 saturated heterocycles. The summed E-state index contributed by atoms with van der Waals surface area (Å²) >= 11 is 0. The molecule has 0 unspecified atom stereocenters. The lowest BCUT2D eigenvalue weighted by atomic mass is 9.92. The van der Waals surface area contributed by atoms with Crippen LogP contribution in [0.1, 0.15) is 42.7 Å². The van der Waals surface area contributed by atoms with Crippen molar-refractivity contribution in [3.8, 4) is 5.69 Å². The first-order valence-electron chi connectivity index (χ1n) is 7.69. The van der Waals surface area contributed by atoms with Crippen LogP contribution in [0.25, 0.3) is 5.69 Å². The second-order valence-corrected chi connectivity index (χ2v) is 5.55. The SMILES string of the molecule is CCC(CC)(CN)NC(=O)c1cn(-c2ccccc2)nc1C. The minimum Gasteiger partial charge on any atom is -0.345 e. The van der Waals surface area contributed by atoms with Gasteiger partial charge >= 0.3 is 0 Å². The lowest BCUT2D eigenvalue weighted by Crippen LogP contribution is -2.52. The number of carbonyl (C=O) groups excluding carboxylic acids is 1. The van der Waals surface area contributed by atoms with Crippen molar-refractivity contribution in [1.29, 1.82) is 0 Å². The summed E-state index contributed by atoms with van der Waals surface area (Å²) in [5.74, 6) is -0.117. The lowest BCUT2D eigenvalue weighted by molar-refractivity contribution is 0.0894. The van der Waals surface area contributed by atoms with E-state index in [9.17, 15) is 4.79 Å². The molecule has 0 fully saturated rings. The van der Waals surface area contributed by atoms with Crippen LogP contribution in [-0.4, -0.2) is 27.8 Å². The zero-order valence-corrected chi connectivity index (χ0v) is 13.5. The van der Waals surface area contributed by atoms with E-state index in [2.05, 4.69) is 10.4 Å². The number of amides is 1. The number of nitrogens with one attached hydrogen (secondary N) is 1. The summed E-state index contributed by atoms with van der Waals surface area (Å²) in [7, 11) is 0. The molecule has 22 heavy (non-hydrogen) atoms. The van der Waals surface area contributed by atoms with Gasteiger partial charge in [-0.05, 0) is 31.9 Å².